The average molecular weight is 274 g/mol. The summed E-state index contributed by atoms with van der Waals surface area (Å²) in [4.78, 5) is 11.9. The summed E-state index contributed by atoms with van der Waals surface area (Å²) in [5, 5.41) is 21.1. The summed E-state index contributed by atoms with van der Waals surface area (Å²) in [5.74, 6) is 3.33. The van der Waals surface area contributed by atoms with Crippen LogP contribution in [-0.4, -0.2) is 17.6 Å². The van der Waals surface area contributed by atoms with Crippen molar-refractivity contribution in [2.45, 2.75) is 39.0 Å². The normalized spacial score (nSPS) is 39.1. The van der Waals surface area contributed by atoms with Gasteiger partial charge in [-0.15, -0.1) is 0 Å². The lowest BCUT2D eigenvalue weighted by molar-refractivity contribution is -0.118. The molecule has 0 aromatic heterocycles. The van der Waals surface area contributed by atoms with E-state index >= 15 is 0 Å². The van der Waals surface area contributed by atoms with Crippen LogP contribution in [0.4, 0.5) is 0 Å². The molecule has 0 aromatic rings. The van der Waals surface area contributed by atoms with E-state index in [0.29, 0.717) is 12.5 Å². The second kappa shape index (κ2) is 5.12. The summed E-state index contributed by atoms with van der Waals surface area (Å²) >= 11 is 0. The zero-order valence-corrected chi connectivity index (χ0v) is 11.9. The number of amides is 1. The highest BCUT2D eigenvalue weighted by atomic mass is 16.3. The topological polar surface area (TPSA) is 73.1 Å². The molecule has 4 fully saturated rings. The zero-order chi connectivity index (χ0) is 14.3. The minimum absolute atomic E-state index is 0.159. The molecule has 0 spiro atoms. The van der Waals surface area contributed by atoms with Gasteiger partial charge in [0.25, 0.3) is 5.91 Å². The number of carbonyl (C=O) groups is 1. The Bertz CT molecular complexity index is 457. The van der Waals surface area contributed by atoms with Gasteiger partial charge in [-0.05, 0) is 68.6 Å². The minimum atomic E-state index is -0.429. The van der Waals surface area contributed by atoms with Crippen LogP contribution in [0.2, 0.25) is 0 Å². The Hall–Kier alpha value is -1.50. The Morgan fingerprint density at radius 3 is 2.20 bits per heavy atom. The Morgan fingerprint density at radius 2 is 1.75 bits per heavy atom. The monoisotopic (exact) mass is 274 g/mol. The van der Waals surface area contributed by atoms with E-state index in [0.717, 1.165) is 23.7 Å². The van der Waals surface area contributed by atoms with Gasteiger partial charge in [-0.2, -0.15) is 5.26 Å². The van der Waals surface area contributed by atoms with Gasteiger partial charge < -0.3 is 10.4 Å². The first-order chi connectivity index (χ1) is 9.58. The molecule has 0 unspecified atom stereocenters. The van der Waals surface area contributed by atoms with Gasteiger partial charge in [-0.25, -0.2) is 0 Å². The van der Waals surface area contributed by atoms with Crippen molar-refractivity contribution < 1.29 is 9.90 Å². The Morgan fingerprint density at radius 1 is 1.20 bits per heavy atom. The fourth-order valence-electron chi connectivity index (χ4n) is 4.97. The van der Waals surface area contributed by atoms with E-state index in [-0.39, 0.29) is 11.3 Å². The van der Waals surface area contributed by atoms with Gasteiger partial charge in [0.15, 0.2) is 5.57 Å². The van der Waals surface area contributed by atoms with E-state index in [2.05, 4.69) is 5.32 Å². The molecular weight excluding hydrogens is 252 g/mol. The maximum atomic E-state index is 11.9. The highest BCUT2D eigenvalue weighted by Crippen LogP contribution is 2.56. The summed E-state index contributed by atoms with van der Waals surface area (Å²) in [6.07, 6.45) is 6.74. The Labute approximate surface area is 119 Å². The van der Waals surface area contributed by atoms with E-state index in [1.54, 1.807) is 6.07 Å². The first kappa shape index (κ1) is 13.5. The van der Waals surface area contributed by atoms with E-state index in [9.17, 15) is 9.90 Å². The maximum absolute atomic E-state index is 11.9. The van der Waals surface area contributed by atoms with E-state index in [1.807, 2.05) is 0 Å². The summed E-state index contributed by atoms with van der Waals surface area (Å²) < 4.78 is 0. The smallest absolute Gasteiger partial charge is 0.265 e. The third-order valence-corrected chi connectivity index (χ3v) is 5.62. The highest BCUT2D eigenvalue weighted by molar-refractivity contribution is 5.97. The Balaban J connectivity index is 1.61. The average Bonchev–Trinajstić information content (AvgIpc) is 2.37. The van der Waals surface area contributed by atoms with Crippen LogP contribution >= 0.6 is 0 Å². The van der Waals surface area contributed by atoms with Gasteiger partial charge >= 0.3 is 0 Å². The van der Waals surface area contributed by atoms with Crippen LogP contribution in [0.3, 0.4) is 0 Å². The van der Waals surface area contributed by atoms with Crippen molar-refractivity contribution in [3.63, 3.8) is 0 Å². The zero-order valence-electron chi connectivity index (χ0n) is 11.9. The second-order valence-electron chi connectivity index (χ2n) is 6.88. The van der Waals surface area contributed by atoms with Gasteiger partial charge in [-0.3, -0.25) is 4.79 Å². The number of allylic oxidation sites excluding steroid dienone is 1. The lowest BCUT2D eigenvalue weighted by Crippen LogP contribution is -2.49. The number of hydrogen-bond donors (Lipinski definition) is 2. The second-order valence-corrected chi connectivity index (χ2v) is 6.88. The summed E-state index contributed by atoms with van der Waals surface area (Å²) in [7, 11) is 0. The quantitative estimate of drug-likeness (QED) is 0.472. The highest BCUT2D eigenvalue weighted by Gasteiger charge is 2.47. The molecule has 0 aromatic carbocycles. The van der Waals surface area contributed by atoms with Crippen LogP contribution < -0.4 is 5.32 Å². The molecule has 2 N–H and O–H groups in total. The van der Waals surface area contributed by atoms with Gasteiger partial charge in [0.05, 0.1) is 0 Å². The van der Waals surface area contributed by atoms with E-state index < -0.39 is 5.91 Å². The maximum Gasteiger partial charge on any atom is 0.265 e. The van der Waals surface area contributed by atoms with Crippen LogP contribution in [0, 0.1) is 40.9 Å². The lowest BCUT2D eigenvalue weighted by Gasteiger charge is -2.54. The molecular formula is C16H22N2O2. The molecule has 20 heavy (non-hydrogen) atoms. The predicted molar refractivity (Wildman–Crippen MR) is 74.5 cm³/mol. The SMILES string of the molecule is C/C(O)=C(/C#N)C(=O)NCC1C2CC3CC(C2)CC1C3. The van der Waals surface area contributed by atoms with Crippen LogP contribution in [0.1, 0.15) is 39.0 Å². The first-order valence-corrected chi connectivity index (χ1v) is 7.66. The van der Waals surface area contributed by atoms with Crippen LogP contribution in [0.15, 0.2) is 11.3 Å². The van der Waals surface area contributed by atoms with Crippen LogP contribution in [0.5, 0.6) is 0 Å². The van der Waals surface area contributed by atoms with Crippen molar-refractivity contribution >= 4 is 5.91 Å². The van der Waals surface area contributed by atoms with Crippen molar-refractivity contribution in [2.75, 3.05) is 6.54 Å². The fraction of sp³-hybridized carbons (Fsp3) is 0.750. The molecule has 4 bridgehead atoms. The first-order valence-electron chi connectivity index (χ1n) is 7.66. The lowest BCUT2D eigenvalue weighted by atomic mass is 9.52. The third kappa shape index (κ3) is 2.30. The molecule has 0 heterocycles. The molecule has 4 aliphatic rings. The fourth-order valence-corrected chi connectivity index (χ4v) is 4.97. The molecule has 1 amide bonds. The summed E-state index contributed by atoms with van der Waals surface area (Å²) in [6.45, 7) is 2.03. The molecule has 4 aliphatic carbocycles. The van der Waals surface area contributed by atoms with E-state index in [1.165, 1.54) is 39.0 Å². The van der Waals surface area contributed by atoms with Crippen molar-refractivity contribution in [1.29, 1.82) is 5.26 Å². The van der Waals surface area contributed by atoms with Gasteiger partial charge in [0.1, 0.15) is 11.8 Å². The molecule has 4 heteroatoms. The molecule has 0 saturated heterocycles. The molecule has 0 aliphatic heterocycles. The Kier molecular flexibility index (Phi) is 3.45. The number of hydrogen-bond acceptors (Lipinski definition) is 3. The number of nitrogens with zero attached hydrogens (tertiary/aromatic N) is 1. The molecule has 108 valence electrons. The molecule has 4 rings (SSSR count). The third-order valence-electron chi connectivity index (χ3n) is 5.62. The van der Waals surface area contributed by atoms with Gasteiger partial charge in [-0.1, -0.05) is 0 Å². The van der Waals surface area contributed by atoms with Crippen LogP contribution in [-0.2, 0) is 4.79 Å². The summed E-state index contributed by atoms with van der Waals surface area (Å²) in [5.41, 5.74) is -0.159. The molecule has 4 nitrogen and oxygen atoms in total. The van der Waals surface area contributed by atoms with E-state index in [4.69, 9.17) is 5.26 Å². The van der Waals surface area contributed by atoms with Crippen molar-refractivity contribution in [3.05, 3.63) is 11.3 Å². The van der Waals surface area contributed by atoms with Gasteiger partial charge in [0, 0.05) is 6.54 Å². The standard InChI is InChI=1S/C16H22N2O2/c1-9(19)14(7-17)16(20)18-8-15-12-3-10-2-11(5-12)6-13(15)4-10/h10-13,15,19H,2-6,8H2,1H3,(H,18,20)/b14-9+. The van der Waals surface area contributed by atoms with Crippen molar-refractivity contribution in [2.24, 2.45) is 29.6 Å². The number of carbonyl (C=O) groups excluding carboxylic acids is 1. The molecule has 0 atom stereocenters. The number of nitrogens with one attached hydrogen (secondary N) is 1. The summed E-state index contributed by atoms with van der Waals surface area (Å²) in [6, 6.07) is 1.77. The molecule has 0 radical (unpaired) electrons. The van der Waals surface area contributed by atoms with Gasteiger partial charge in [0.2, 0.25) is 0 Å². The largest absolute Gasteiger partial charge is 0.511 e. The van der Waals surface area contributed by atoms with Crippen molar-refractivity contribution in [1.82, 2.24) is 5.32 Å². The molecule has 4 saturated carbocycles. The van der Waals surface area contributed by atoms with Crippen molar-refractivity contribution in [3.8, 4) is 6.07 Å². The predicted octanol–water partition coefficient (Wildman–Crippen LogP) is 2.53. The number of aliphatic hydroxyl groups excluding tert-OH is 1. The minimum Gasteiger partial charge on any atom is -0.511 e. The van der Waals surface area contributed by atoms with Crippen LogP contribution in [0.25, 0.3) is 0 Å². The number of rotatable bonds is 3. The number of nitriles is 1. The number of aliphatic hydroxyl groups is 1.